The molecule has 0 amide bonds. The summed E-state index contributed by atoms with van der Waals surface area (Å²) >= 11 is 0. The summed E-state index contributed by atoms with van der Waals surface area (Å²) < 4.78 is 4.91. The number of allylic oxidation sites excluding steroid dienone is 1. The van der Waals surface area contributed by atoms with E-state index in [0.29, 0.717) is 11.8 Å². The van der Waals surface area contributed by atoms with Crippen LogP contribution in [0.5, 0.6) is 0 Å². The second-order valence-corrected chi connectivity index (χ2v) is 7.41. The van der Waals surface area contributed by atoms with Gasteiger partial charge >= 0.3 is 5.97 Å². The maximum Gasteiger partial charge on any atom is 0.302 e. The summed E-state index contributed by atoms with van der Waals surface area (Å²) in [6, 6.07) is 0. The minimum atomic E-state index is -1.15. The van der Waals surface area contributed by atoms with Gasteiger partial charge in [0, 0.05) is 13.3 Å². The highest BCUT2D eigenvalue weighted by molar-refractivity contribution is 5.87. The average Bonchev–Trinajstić information content (AvgIpc) is 2.42. The highest BCUT2D eigenvalue weighted by Crippen LogP contribution is 2.54. The van der Waals surface area contributed by atoms with Crippen molar-refractivity contribution in [2.45, 2.75) is 59.0 Å². The van der Waals surface area contributed by atoms with Crippen LogP contribution >= 0.6 is 0 Å². The van der Waals surface area contributed by atoms with E-state index in [1.807, 2.05) is 6.92 Å². The minimum absolute atomic E-state index is 0.00680. The topological polar surface area (TPSA) is 63.6 Å². The fourth-order valence-corrected chi connectivity index (χ4v) is 4.25. The summed E-state index contributed by atoms with van der Waals surface area (Å²) in [6.07, 6.45) is 7.19. The third-order valence-corrected chi connectivity index (χ3v) is 5.84. The molecule has 0 aromatic heterocycles. The van der Waals surface area contributed by atoms with Crippen LogP contribution in [0.25, 0.3) is 0 Å². The van der Waals surface area contributed by atoms with E-state index in [9.17, 15) is 14.7 Å². The van der Waals surface area contributed by atoms with Crippen molar-refractivity contribution >= 4 is 11.8 Å². The van der Waals surface area contributed by atoms with E-state index in [0.717, 1.165) is 19.3 Å². The van der Waals surface area contributed by atoms with E-state index < -0.39 is 11.0 Å². The van der Waals surface area contributed by atoms with Crippen molar-refractivity contribution in [2.75, 3.05) is 6.61 Å². The van der Waals surface area contributed by atoms with Gasteiger partial charge in [-0.05, 0) is 44.4 Å². The number of hydrogen-bond acceptors (Lipinski definition) is 4. The molecule has 1 fully saturated rings. The molecule has 0 aromatic carbocycles. The van der Waals surface area contributed by atoms with Crippen LogP contribution in [0.2, 0.25) is 0 Å². The SMILES string of the molecule is CC(=O)OCCC(=O)[C@]1(C)[C@H]2CC[C@H](C)C[C@@H]2C=C[C@@]1(C)O. The third-order valence-electron chi connectivity index (χ3n) is 5.84. The molecule has 124 valence electrons. The second-order valence-electron chi connectivity index (χ2n) is 7.41. The molecule has 1 N–H and O–H groups in total. The molecule has 2 aliphatic carbocycles. The van der Waals surface area contributed by atoms with E-state index in [1.165, 1.54) is 6.92 Å². The molecule has 0 unspecified atom stereocenters. The predicted molar refractivity (Wildman–Crippen MR) is 84.1 cm³/mol. The van der Waals surface area contributed by atoms with Crippen molar-refractivity contribution in [3.05, 3.63) is 12.2 Å². The lowest BCUT2D eigenvalue weighted by atomic mass is 9.52. The Morgan fingerprint density at radius 1 is 1.32 bits per heavy atom. The van der Waals surface area contributed by atoms with Gasteiger partial charge in [-0.25, -0.2) is 0 Å². The van der Waals surface area contributed by atoms with Crippen LogP contribution in [0.3, 0.4) is 0 Å². The first-order valence-corrected chi connectivity index (χ1v) is 8.27. The fourth-order valence-electron chi connectivity index (χ4n) is 4.25. The summed E-state index contributed by atoms with van der Waals surface area (Å²) in [5, 5.41) is 10.9. The number of hydrogen-bond donors (Lipinski definition) is 1. The van der Waals surface area contributed by atoms with Crippen molar-refractivity contribution in [1.29, 1.82) is 0 Å². The van der Waals surface area contributed by atoms with Crippen LogP contribution in [-0.2, 0) is 14.3 Å². The minimum Gasteiger partial charge on any atom is -0.465 e. The van der Waals surface area contributed by atoms with Crippen LogP contribution in [-0.4, -0.2) is 29.1 Å². The molecule has 4 heteroatoms. The standard InChI is InChI=1S/C18H28O4/c1-12-5-6-15-14(11-12)7-9-17(3,21)18(15,4)16(20)8-10-22-13(2)19/h7,9,12,14-15,21H,5-6,8,10-11H2,1-4H3/t12-,14-,15-,17+,18-/m0/s1. The third kappa shape index (κ3) is 2.98. The highest BCUT2D eigenvalue weighted by Gasteiger charge is 2.56. The number of aliphatic hydroxyl groups is 1. The van der Waals surface area contributed by atoms with Crippen molar-refractivity contribution in [1.82, 2.24) is 0 Å². The first-order valence-electron chi connectivity index (χ1n) is 8.27. The Morgan fingerprint density at radius 2 is 2.00 bits per heavy atom. The van der Waals surface area contributed by atoms with Gasteiger partial charge in [-0.2, -0.15) is 0 Å². The molecule has 0 aromatic rings. The lowest BCUT2D eigenvalue weighted by Crippen LogP contribution is -2.57. The summed E-state index contributed by atoms with van der Waals surface area (Å²) in [6.45, 7) is 7.29. The maximum atomic E-state index is 12.9. The molecule has 22 heavy (non-hydrogen) atoms. The molecule has 0 heterocycles. The first-order chi connectivity index (χ1) is 10.2. The summed E-state index contributed by atoms with van der Waals surface area (Å²) in [7, 11) is 0. The smallest absolute Gasteiger partial charge is 0.302 e. The van der Waals surface area contributed by atoms with Gasteiger partial charge in [0.2, 0.25) is 0 Å². The number of rotatable bonds is 4. The molecule has 2 aliphatic rings. The highest BCUT2D eigenvalue weighted by atomic mass is 16.5. The number of ether oxygens (including phenoxy) is 1. The average molecular weight is 308 g/mol. The fraction of sp³-hybridized carbons (Fsp3) is 0.778. The Bertz CT molecular complexity index is 479. The van der Waals surface area contributed by atoms with E-state index in [1.54, 1.807) is 13.0 Å². The van der Waals surface area contributed by atoms with Gasteiger partial charge in [0.05, 0.1) is 17.6 Å². The zero-order chi connectivity index (χ0) is 16.5. The van der Waals surface area contributed by atoms with Gasteiger partial charge in [-0.3, -0.25) is 9.59 Å². The molecule has 1 saturated carbocycles. The Balaban J connectivity index is 2.21. The van der Waals surface area contributed by atoms with Crippen LogP contribution in [0.1, 0.15) is 53.4 Å². The van der Waals surface area contributed by atoms with Crippen molar-refractivity contribution in [3.8, 4) is 0 Å². The Hall–Kier alpha value is -1.16. The largest absolute Gasteiger partial charge is 0.465 e. The van der Waals surface area contributed by atoms with Gasteiger partial charge < -0.3 is 9.84 Å². The maximum absolute atomic E-state index is 12.9. The number of Topliss-reactive ketones (excluding diaryl/α,β-unsaturated/α-hetero) is 1. The van der Waals surface area contributed by atoms with Gasteiger partial charge in [0.25, 0.3) is 0 Å². The van der Waals surface area contributed by atoms with Gasteiger partial charge in [-0.1, -0.05) is 25.5 Å². The molecule has 0 saturated heterocycles. The predicted octanol–water partition coefficient (Wildman–Crippen LogP) is 2.89. The number of esters is 1. The number of carbonyl (C=O) groups excluding carboxylic acids is 2. The quantitative estimate of drug-likeness (QED) is 0.641. The van der Waals surface area contributed by atoms with Gasteiger partial charge in [0.1, 0.15) is 5.78 Å². The molecule has 2 rings (SSSR count). The van der Waals surface area contributed by atoms with Crippen LogP contribution in [0.4, 0.5) is 0 Å². The number of carbonyl (C=O) groups is 2. The molecule has 4 nitrogen and oxygen atoms in total. The molecule has 5 atom stereocenters. The first kappa shape index (κ1) is 17.2. The van der Waals surface area contributed by atoms with E-state index in [4.69, 9.17) is 4.74 Å². The van der Waals surface area contributed by atoms with E-state index in [-0.39, 0.29) is 30.7 Å². The Labute approximate surface area is 132 Å². The normalized spacial score (nSPS) is 40.9. The molecular weight excluding hydrogens is 280 g/mol. The number of fused-ring (bicyclic) bond motifs is 1. The van der Waals surface area contributed by atoms with E-state index in [2.05, 4.69) is 13.0 Å². The second kappa shape index (κ2) is 6.15. The van der Waals surface area contributed by atoms with Crippen LogP contribution < -0.4 is 0 Å². The summed E-state index contributed by atoms with van der Waals surface area (Å²) in [5.74, 6) is 0.791. The van der Waals surface area contributed by atoms with Gasteiger partial charge in [-0.15, -0.1) is 0 Å². The zero-order valence-corrected chi connectivity index (χ0v) is 14.1. The molecule has 0 radical (unpaired) electrons. The zero-order valence-electron chi connectivity index (χ0n) is 14.1. The molecule has 0 bridgehead atoms. The van der Waals surface area contributed by atoms with E-state index >= 15 is 0 Å². The number of ketones is 1. The molecule has 0 aliphatic heterocycles. The van der Waals surface area contributed by atoms with Gasteiger partial charge in [0.15, 0.2) is 0 Å². The van der Waals surface area contributed by atoms with Crippen LogP contribution in [0.15, 0.2) is 12.2 Å². The Kier molecular flexibility index (Phi) is 4.81. The lowest BCUT2D eigenvalue weighted by Gasteiger charge is -2.53. The van der Waals surface area contributed by atoms with Crippen molar-refractivity contribution in [3.63, 3.8) is 0 Å². The summed E-state index contributed by atoms with van der Waals surface area (Å²) in [5.41, 5.74) is -1.96. The monoisotopic (exact) mass is 308 g/mol. The van der Waals surface area contributed by atoms with Crippen LogP contribution in [0, 0.1) is 23.2 Å². The van der Waals surface area contributed by atoms with Crippen molar-refractivity contribution in [2.24, 2.45) is 23.2 Å². The summed E-state index contributed by atoms with van der Waals surface area (Å²) in [4.78, 5) is 23.7. The van der Waals surface area contributed by atoms with Crippen molar-refractivity contribution < 1.29 is 19.4 Å². The molecular formula is C18H28O4. The lowest BCUT2D eigenvalue weighted by molar-refractivity contribution is -0.155. The Morgan fingerprint density at radius 3 is 2.64 bits per heavy atom. The molecule has 0 spiro atoms.